The number of carbonyl (C=O) groups is 1. The predicted octanol–water partition coefficient (Wildman–Crippen LogP) is 5.96. The summed E-state index contributed by atoms with van der Waals surface area (Å²) in [5.41, 5.74) is 2.26. The number of anilines is 1. The van der Waals surface area contributed by atoms with Gasteiger partial charge in [-0.15, -0.1) is 12.6 Å². The standard InChI is InChI=1S/C33H40F3N5O4S/c1-5-6-11-40(4)28-8-7-21(17-37-28)24-15-22(30(42)38-18-25-27(46)14-20(2)39-31(25)43)16-26-29(24)45-32(3,44-26)23-9-12-41(13-10-23)19-33(34,35)36/h7-8,14-17,23H,5-6,9-13,18-19H2,1-4H3,(H,38,42)(H2,39,43,46). The Hall–Kier alpha value is -3.71. The number of alkyl halides is 3. The van der Waals surface area contributed by atoms with Crippen LogP contribution in [0.3, 0.4) is 0 Å². The van der Waals surface area contributed by atoms with Crippen LogP contribution < -0.4 is 25.2 Å². The predicted molar refractivity (Wildman–Crippen MR) is 173 cm³/mol. The summed E-state index contributed by atoms with van der Waals surface area (Å²) in [4.78, 5) is 37.3. The summed E-state index contributed by atoms with van der Waals surface area (Å²) >= 11 is 4.40. The average Bonchev–Trinajstić information content (AvgIpc) is 3.35. The number of aromatic amines is 1. The van der Waals surface area contributed by atoms with Crippen molar-refractivity contribution in [2.24, 2.45) is 5.92 Å². The van der Waals surface area contributed by atoms with Gasteiger partial charge in [-0.05, 0) is 69.6 Å². The molecule has 13 heteroatoms. The maximum absolute atomic E-state index is 13.5. The molecule has 2 aliphatic rings. The highest BCUT2D eigenvalue weighted by Crippen LogP contribution is 2.50. The van der Waals surface area contributed by atoms with Crippen LogP contribution in [0.25, 0.3) is 11.1 Å². The number of amides is 1. The number of rotatable bonds is 10. The minimum absolute atomic E-state index is 0.0361. The number of thiol groups is 1. The van der Waals surface area contributed by atoms with E-state index in [-0.39, 0.29) is 36.7 Å². The van der Waals surface area contributed by atoms with Crippen LogP contribution in [0.4, 0.5) is 19.0 Å². The summed E-state index contributed by atoms with van der Waals surface area (Å²) in [5.74, 6) is -0.141. The summed E-state index contributed by atoms with van der Waals surface area (Å²) in [6.45, 7) is 6.10. The van der Waals surface area contributed by atoms with E-state index in [2.05, 4.69) is 39.7 Å². The van der Waals surface area contributed by atoms with Gasteiger partial charge in [0.1, 0.15) is 5.82 Å². The lowest BCUT2D eigenvalue weighted by molar-refractivity contribution is -0.159. The Morgan fingerprint density at radius 3 is 2.59 bits per heavy atom. The molecule has 1 unspecified atom stereocenters. The minimum Gasteiger partial charge on any atom is -0.448 e. The van der Waals surface area contributed by atoms with E-state index in [0.717, 1.165) is 25.2 Å². The highest BCUT2D eigenvalue weighted by atomic mass is 32.1. The van der Waals surface area contributed by atoms with Gasteiger partial charge in [0.15, 0.2) is 11.5 Å². The molecule has 2 N–H and O–H groups in total. The van der Waals surface area contributed by atoms with Crippen LogP contribution in [0.5, 0.6) is 11.5 Å². The third kappa shape index (κ3) is 7.63. The van der Waals surface area contributed by atoms with Crippen molar-refractivity contribution in [1.29, 1.82) is 0 Å². The number of aryl methyl sites for hydroxylation is 1. The first-order valence-electron chi connectivity index (χ1n) is 15.5. The Balaban J connectivity index is 1.42. The van der Waals surface area contributed by atoms with Crippen molar-refractivity contribution >= 4 is 24.4 Å². The third-order valence-corrected chi connectivity index (χ3v) is 9.04. The van der Waals surface area contributed by atoms with Gasteiger partial charge < -0.3 is 24.7 Å². The summed E-state index contributed by atoms with van der Waals surface area (Å²) in [6.07, 6.45) is 0.486. The number of piperidine rings is 1. The molecule has 2 aromatic heterocycles. The average molecular weight is 660 g/mol. The van der Waals surface area contributed by atoms with Gasteiger partial charge in [-0.3, -0.25) is 14.5 Å². The van der Waals surface area contributed by atoms with Crippen LogP contribution >= 0.6 is 12.6 Å². The number of aromatic nitrogens is 2. The molecule has 9 nitrogen and oxygen atoms in total. The minimum atomic E-state index is -4.25. The molecule has 0 radical (unpaired) electrons. The summed E-state index contributed by atoms with van der Waals surface area (Å²) in [7, 11) is 1.98. The van der Waals surface area contributed by atoms with Crippen LogP contribution in [0.2, 0.25) is 0 Å². The Bertz CT molecular complexity index is 1620. The second-order valence-corrected chi connectivity index (χ2v) is 12.7. The highest BCUT2D eigenvalue weighted by molar-refractivity contribution is 7.80. The molecule has 0 spiro atoms. The van der Waals surface area contributed by atoms with Gasteiger partial charge >= 0.3 is 6.18 Å². The number of carbonyl (C=O) groups excluding carboxylic acids is 1. The lowest BCUT2D eigenvalue weighted by Crippen LogP contribution is -2.49. The van der Waals surface area contributed by atoms with Crippen molar-refractivity contribution in [3.05, 3.63) is 63.7 Å². The first-order chi connectivity index (χ1) is 21.8. The molecule has 2 aliphatic heterocycles. The Morgan fingerprint density at radius 1 is 1.22 bits per heavy atom. The fourth-order valence-electron chi connectivity index (χ4n) is 6.03. The SMILES string of the molecule is CCCCN(C)c1ccc(-c2cc(C(=O)NCc3c(S)cc(C)[nH]c3=O)cc3c2OC(C)(C2CCN(CC(F)(F)F)CC2)O3)cn1. The third-order valence-electron chi connectivity index (χ3n) is 8.64. The number of nitrogens with one attached hydrogen (secondary N) is 2. The van der Waals surface area contributed by atoms with Crippen molar-refractivity contribution in [3.63, 3.8) is 0 Å². The van der Waals surface area contributed by atoms with E-state index in [0.29, 0.717) is 51.6 Å². The molecular weight excluding hydrogens is 619 g/mol. The normalized spacial score (nSPS) is 18.5. The maximum atomic E-state index is 13.5. The van der Waals surface area contributed by atoms with E-state index < -0.39 is 24.4 Å². The lowest BCUT2D eigenvalue weighted by atomic mass is 9.89. The van der Waals surface area contributed by atoms with Crippen LogP contribution in [0.1, 0.15) is 61.1 Å². The number of hydrogen-bond donors (Lipinski definition) is 3. The topological polar surface area (TPSA) is 99.8 Å². The zero-order valence-corrected chi connectivity index (χ0v) is 27.4. The summed E-state index contributed by atoms with van der Waals surface area (Å²) in [6, 6.07) is 8.84. The Morgan fingerprint density at radius 2 is 1.96 bits per heavy atom. The number of likely N-dealkylation sites (tertiary alicyclic amines) is 1. The Labute approximate surface area is 271 Å². The van der Waals surface area contributed by atoms with Crippen LogP contribution in [-0.4, -0.2) is 66.0 Å². The van der Waals surface area contributed by atoms with Gasteiger partial charge in [0.05, 0.1) is 6.54 Å². The van der Waals surface area contributed by atoms with Crippen molar-refractivity contribution in [2.45, 2.75) is 69.9 Å². The van der Waals surface area contributed by atoms with Crippen molar-refractivity contribution in [1.82, 2.24) is 20.2 Å². The molecule has 248 valence electrons. The van der Waals surface area contributed by atoms with Crippen LogP contribution in [0.15, 0.2) is 46.2 Å². The zero-order valence-electron chi connectivity index (χ0n) is 26.5. The second-order valence-electron chi connectivity index (χ2n) is 12.2. The molecule has 1 atom stereocenters. The number of fused-ring (bicyclic) bond motifs is 1. The van der Waals surface area contributed by atoms with E-state index in [1.165, 1.54) is 4.90 Å². The molecule has 1 amide bonds. The van der Waals surface area contributed by atoms with Gasteiger partial charge in [0, 0.05) is 72.0 Å². The number of ether oxygens (including phenoxy) is 2. The van der Waals surface area contributed by atoms with Crippen molar-refractivity contribution in [3.8, 4) is 22.6 Å². The fraction of sp³-hybridized carbons (Fsp3) is 0.485. The van der Waals surface area contributed by atoms with Gasteiger partial charge in [-0.1, -0.05) is 13.3 Å². The van der Waals surface area contributed by atoms with E-state index in [9.17, 15) is 22.8 Å². The second kappa shape index (κ2) is 13.6. The van der Waals surface area contributed by atoms with Crippen molar-refractivity contribution < 1.29 is 27.4 Å². The lowest BCUT2D eigenvalue weighted by Gasteiger charge is -2.38. The molecular formula is C33H40F3N5O4S. The van der Waals surface area contributed by atoms with Crippen LogP contribution in [-0.2, 0) is 6.54 Å². The molecule has 0 aliphatic carbocycles. The molecule has 1 aromatic carbocycles. The summed E-state index contributed by atoms with van der Waals surface area (Å²) in [5, 5.41) is 2.81. The number of H-pyrrole nitrogens is 1. The maximum Gasteiger partial charge on any atom is 0.401 e. The number of unbranched alkanes of at least 4 members (excludes halogenated alkanes) is 1. The number of pyridine rings is 2. The van der Waals surface area contributed by atoms with E-state index >= 15 is 0 Å². The first kappa shape index (κ1) is 33.6. The molecule has 46 heavy (non-hydrogen) atoms. The number of nitrogens with zero attached hydrogens (tertiary/aromatic N) is 3. The molecule has 0 saturated carbocycles. The Kier molecular flexibility index (Phi) is 9.92. The van der Waals surface area contributed by atoms with Crippen LogP contribution in [0, 0.1) is 12.8 Å². The molecule has 4 heterocycles. The number of benzene rings is 1. The summed E-state index contributed by atoms with van der Waals surface area (Å²) < 4.78 is 51.8. The largest absolute Gasteiger partial charge is 0.448 e. The quantitative estimate of drug-likeness (QED) is 0.231. The van der Waals surface area contributed by atoms with E-state index in [4.69, 9.17) is 9.47 Å². The van der Waals surface area contributed by atoms with Gasteiger partial charge in [-0.2, -0.15) is 13.2 Å². The number of hydrogen-bond acceptors (Lipinski definition) is 8. The molecule has 1 fully saturated rings. The molecule has 5 rings (SSSR count). The first-order valence-corrected chi connectivity index (χ1v) is 15.9. The van der Waals surface area contributed by atoms with E-state index in [1.807, 2.05) is 19.2 Å². The van der Waals surface area contributed by atoms with E-state index in [1.54, 1.807) is 38.2 Å². The zero-order chi connectivity index (χ0) is 33.2. The highest BCUT2D eigenvalue weighted by Gasteiger charge is 2.47. The van der Waals surface area contributed by atoms with Crippen molar-refractivity contribution in [2.75, 3.05) is 38.1 Å². The van der Waals surface area contributed by atoms with Gasteiger partial charge in [0.25, 0.3) is 17.3 Å². The van der Waals surface area contributed by atoms with Gasteiger partial charge in [0.2, 0.25) is 0 Å². The number of halogens is 3. The smallest absolute Gasteiger partial charge is 0.401 e. The van der Waals surface area contributed by atoms with Gasteiger partial charge in [-0.25, -0.2) is 4.98 Å². The monoisotopic (exact) mass is 659 g/mol. The molecule has 0 bridgehead atoms. The molecule has 1 saturated heterocycles. The fourth-order valence-corrected chi connectivity index (χ4v) is 6.40. The molecule has 3 aromatic rings.